The molecular formula is C23H27NO5S. The maximum atomic E-state index is 13.4. The van der Waals surface area contributed by atoms with E-state index in [1.807, 2.05) is 24.4 Å². The molecule has 1 fully saturated rings. The van der Waals surface area contributed by atoms with Crippen LogP contribution in [0.4, 0.5) is 0 Å². The standard InChI is InChI=1S/C23H27NO5S/c1-3-27-22(26)23(13-17-8-5-4-7-16(17)2)9-6-10-24(15-23)21(25)20-19-18(14-30-20)28-11-12-29-19/h4-5,7-8,14H,3,6,9-13,15H2,1-2H3. The number of thiophene rings is 1. The van der Waals surface area contributed by atoms with E-state index in [2.05, 4.69) is 19.1 Å². The number of carbonyl (C=O) groups is 2. The summed E-state index contributed by atoms with van der Waals surface area (Å²) >= 11 is 1.33. The number of rotatable bonds is 5. The molecule has 4 rings (SSSR count). The van der Waals surface area contributed by atoms with E-state index in [1.165, 1.54) is 11.3 Å². The van der Waals surface area contributed by atoms with Crippen molar-refractivity contribution in [3.63, 3.8) is 0 Å². The largest absolute Gasteiger partial charge is 0.485 e. The molecule has 0 spiro atoms. The summed E-state index contributed by atoms with van der Waals surface area (Å²) in [6.07, 6.45) is 2.01. The van der Waals surface area contributed by atoms with Gasteiger partial charge in [-0.3, -0.25) is 9.59 Å². The lowest BCUT2D eigenvalue weighted by atomic mass is 9.74. The summed E-state index contributed by atoms with van der Waals surface area (Å²) in [5, 5.41) is 1.82. The molecule has 1 unspecified atom stereocenters. The van der Waals surface area contributed by atoms with Gasteiger partial charge in [0.05, 0.1) is 12.0 Å². The van der Waals surface area contributed by atoms with Crippen LogP contribution >= 0.6 is 11.3 Å². The van der Waals surface area contributed by atoms with Gasteiger partial charge in [-0.2, -0.15) is 0 Å². The molecular weight excluding hydrogens is 402 g/mol. The number of esters is 1. The van der Waals surface area contributed by atoms with Crippen molar-refractivity contribution in [1.82, 2.24) is 4.90 Å². The average molecular weight is 430 g/mol. The first-order valence-corrected chi connectivity index (χ1v) is 11.3. The molecule has 7 heteroatoms. The first kappa shape index (κ1) is 20.7. The van der Waals surface area contributed by atoms with Crippen LogP contribution in [0.3, 0.4) is 0 Å². The molecule has 0 bridgehead atoms. The van der Waals surface area contributed by atoms with Gasteiger partial charge in [-0.05, 0) is 44.2 Å². The summed E-state index contributed by atoms with van der Waals surface area (Å²) in [5.41, 5.74) is 1.51. The van der Waals surface area contributed by atoms with Gasteiger partial charge in [0.15, 0.2) is 11.5 Å². The molecule has 2 aliphatic rings. The highest BCUT2D eigenvalue weighted by Gasteiger charge is 2.45. The Morgan fingerprint density at radius 1 is 1.23 bits per heavy atom. The average Bonchev–Trinajstić information content (AvgIpc) is 3.19. The van der Waals surface area contributed by atoms with Gasteiger partial charge in [0.1, 0.15) is 18.1 Å². The quantitative estimate of drug-likeness (QED) is 0.676. The fourth-order valence-electron chi connectivity index (χ4n) is 4.30. The summed E-state index contributed by atoms with van der Waals surface area (Å²) in [6.45, 7) is 6.07. The number of aryl methyl sites for hydroxylation is 1. The topological polar surface area (TPSA) is 65.1 Å². The monoisotopic (exact) mass is 429 g/mol. The Bertz CT molecular complexity index is 939. The first-order chi connectivity index (χ1) is 14.5. The van der Waals surface area contributed by atoms with Gasteiger partial charge >= 0.3 is 5.97 Å². The third-order valence-electron chi connectivity index (χ3n) is 5.86. The molecule has 0 aliphatic carbocycles. The van der Waals surface area contributed by atoms with Crippen LogP contribution in [0, 0.1) is 12.3 Å². The summed E-state index contributed by atoms with van der Waals surface area (Å²) in [7, 11) is 0. The number of hydrogen-bond donors (Lipinski definition) is 0. The summed E-state index contributed by atoms with van der Waals surface area (Å²) in [6, 6.07) is 8.09. The molecule has 0 N–H and O–H groups in total. The second-order valence-corrected chi connectivity index (χ2v) is 8.77. The van der Waals surface area contributed by atoms with Gasteiger partial charge in [-0.25, -0.2) is 0 Å². The SMILES string of the molecule is CCOC(=O)C1(Cc2ccccc2C)CCCN(C(=O)c2scc3c2OCCO3)C1. The van der Waals surface area contributed by atoms with Crippen molar-refractivity contribution < 1.29 is 23.8 Å². The summed E-state index contributed by atoms with van der Waals surface area (Å²) in [5.74, 6) is 0.828. The Kier molecular flexibility index (Phi) is 5.99. The minimum absolute atomic E-state index is 0.107. The van der Waals surface area contributed by atoms with E-state index in [0.29, 0.717) is 62.1 Å². The molecule has 1 aromatic carbocycles. The zero-order valence-corrected chi connectivity index (χ0v) is 18.3. The number of nitrogens with zero attached hydrogens (tertiary/aromatic N) is 1. The lowest BCUT2D eigenvalue weighted by Gasteiger charge is -2.41. The molecule has 2 aliphatic heterocycles. The molecule has 1 aromatic heterocycles. The van der Waals surface area contributed by atoms with Crippen molar-refractivity contribution in [1.29, 1.82) is 0 Å². The van der Waals surface area contributed by atoms with Crippen molar-refractivity contribution in [3.05, 3.63) is 45.6 Å². The molecule has 0 saturated carbocycles. The zero-order chi connectivity index (χ0) is 21.1. The first-order valence-electron chi connectivity index (χ1n) is 10.4. The third-order valence-corrected chi connectivity index (χ3v) is 6.79. The molecule has 1 amide bonds. The van der Waals surface area contributed by atoms with Crippen LogP contribution < -0.4 is 9.47 Å². The van der Waals surface area contributed by atoms with Crippen LogP contribution in [0.25, 0.3) is 0 Å². The minimum atomic E-state index is -0.745. The van der Waals surface area contributed by atoms with E-state index in [4.69, 9.17) is 14.2 Å². The Morgan fingerprint density at radius 2 is 2.03 bits per heavy atom. The van der Waals surface area contributed by atoms with Crippen molar-refractivity contribution in [2.24, 2.45) is 5.41 Å². The molecule has 30 heavy (non-hydrogen) atoms. The molecule has 2 aromatic rings. The summed E-state index contributed by atoms with van der Waals surface area (Å²) < 4.78 is 16.8. The number of fused-ring (bicyclic) bond motifs is 1. The lowest BCUT2D eigenvalue weighted by molar-refractivity contribution is -0.158. The molecule has 160 valence electrons. The molecule has 1 saturated heterocycles. The lowest BCUT2D eigenvalue weighted by Crippen LogP contribution is -2.51. The van der Waals surface area contributed by atoms with E-state index < -0.39 is 5.41 Å². The second kappa shape index (κ2) is 8.68. The van der Waals surface area contributed by atoms with Crippen LogP contribution in [-0.2, 0) is 16.0 Å². The van der Waals surface area contributed by atoms with Gasteiger partial charge in [0.25, 0.3) is 5.91 Å². The normalized spacial score (nSPS) is 20.7. The number of benzene rings is 1. The highest BCUT2D eigenvalue weighted by Crippen LogP contribution is 2.42. The van der Waals surface area contributed by atoms with Crippen LogP contribution in [0.1, 0.15) is 40.6 Å². The number of carbonyl (C=O) groups excluding carboxylic acids is 2. The van der Waals surface area contributed by atoms with E-state index in [9.17, 15) is 9.59 Å². The van der Waals surface area contributed by atoms with Crippen LogP contribution in [0.5, 0.6) is 11.5 Å². The van der Waals surface area contributed by atoms with E-state index in [-0.39, 0.29) is 11.9 Å². The third kappa shape index (κ3) is 3.90. The maximum absolute atomic E-state index is 13.4. The van der Waals surface area contributed by atoms with Gasteiger partial charge in [0, 0.05) is 18.5 Å². The molecule has 3 heterocycles. The predicted octanol–water partition coefficient (Wildman–Crippen LogP) is 3.86. The number of piperidine rings is 1. The van der Waals surface area contributed by atoms with Gasteiger partial charge in [-0.1, -0.05) is 24.3 Å². The van der Waals surface area contributed by atoms with Crippen LogP contribution in [0.2, 0.25) is 0 Å². The number of amides is 1. The van der Waals surface area contributed by atoms with Crippen LogP contribution in [-0.4, -0.2) is 49.7 Å². The van der Waals surface area contributed by atoms with Crippen LogP contribution in [0.15, 0.2) is 29.6 Å². The van der Waals surface area contributed by atoms with Crippen molar-refractivity contribution >= 4 is 23.2 Å². The fraction of sp³-hybridized carbons (Fsp3) is 0.478. The van der Waals surface area contributed by atoms with Gasteiger partial charge in [0.2, 0.25) is 0 Å². The van der Waals surface area contributed by atoms with E-state index in [0.717, 1.165) is 17.5 Å². The Balaban J connectivity index is 1.62. The predicted molar refractivity (Wildman–Crippen MR) is 114 cm³/mol. The number of likely N-dealkylation sites (tertiary alicyclic amines) is 1. The van der Waals surface area contributed by atoms with E-state index in [1.54, 1.807) is 4.90 Å². The molecule has 6 nitrogen and oxygen atoms in total. The molecule has 0 radical (unpaired) electrons. The van der Waals surface area contributed by atoms with E-state index >= 15 is 0 Å². The number of ether oxygens (including phenoxy) is 3. The highest BCUT2D eigenvalue weighted by atomic mass is 32.1. The van der Waals surface area contributed by atoms with Crippen molar-refractivity contribution in [2.45, 2.75) is 33.1 Å². The second-order valence-electron chi connectivity index (χ2n) is 7.89. The smallest absolute Gasteiger partial charge is 0.314 e. The fourth-order valence-corrected chi connectivity index (χ4v) is 5.20. The van der Waals surface area contributed by atoms with Gasteiger partial charge in [-0.15, -0.1) is 11.3 Å². The highest BCUT2D eigenvalue weighted by molar-refractivity contribution is 7.12. The Morgan fingerprint density at radius 3 is 2.83 bits per heavy atom. The maximum Gasteiger partial charge on any atom is 0.314 e. The Hall–Kier alpha value is -2.54. The molecule has 1 atom stereocenters. The zero-order valence-electron chi connectivity index (χ0n) is 17.4. The van der Waals surface area contributed by atoms with Crippen molar-refractivity contribution in [2.75, 3.05) is 32.9 Å². The van der Waals surface area contributed by atoms with Crippen molar-refractivity contribution in [3.8, 4) is 11.5 Å². The Labute approximate surface area is 180 Å². The summed E-state index contributed by atoms with van der Waals surface area (Å²) in [4.78, 5) is 28.8. The minimum Gasteiger partial charge on any atom is -0.485 e. The number of hydrogen-bond acceptors (Lipinski definition) is 6. The van der Waals surface area contributed by atoms with Gasteiger partial charge < -0.3 is 19.1 Å².